The van der Waals surface area contributed by atoms with Gasteiger partial charge in [0.25, 0.3) is 11.8 Å². The fourth-order valence-corrected chi connectivity index (χ4v) is 4.41. The molecule has 1 aliphatic carbocycles. The summed E-state index contributed by atoms with van der Waals surface area (Å²) >= 11 is 0. The van der Waals surface area contributed by atoms with Crippen LogP contribution in [0, 0.1) is 11.8 Å². The minimum absolute atomic E-state index is 0.0168. The maximum absolute atomic E-state index is 12.8. The second-order valence-corrected chi connectivity index (χ2v) is 7.93. The van der Waals surface area contributed by atoms with Gasteiger partial charge in [0.1, 0.15) is 11.5 Å². The summed E-state index contributed by atoms with van der Waals surface area (Å²) in [6.45, 7) is 2.09. The Morgan fingerprint density at radius 1 is 1.15 bits per heavy atom. The Morgan fingerprint density at radius 3 is 2.67 bits per heavy atom. The third kappa shape index (κ3) is 2.72. The minimum Gasteiger partial charge on any atom is -0.347 e. The molecule has 0 aromatic carbocycles. The number of nitrogens with zero attached hydrogens (tertiary/aromatic N) is 6. The van der Waals surface area contributed by atoms with E-state index in [1.807, 2.05) is 9.47 Å². The van der Waals surface area contributed by atoms with E-state index in [1.54, 1.807) is 24.0 Å². The normalized spacial score (nSPS) is 24.3. The molecule has 1 saturated heterocycles. The predicted octanol–water partition coefficient (Wildman–Crippen LogP) is 0.238. The van der Waals surface area contributed by atoms with E-state index in [9.17, 15) is 9.59 Å². The van der Waals surface area contributed by atoms with E-state index in [-0.39, 0.29) is 17.9 Å². The molecule has 9 heteroatoms. The molecule has 27 heavy (non-hydrogen) atoms. The lowest BCUT2D eigenvalue weighted by Gasteiger charge is -2.28. The highest BCUT2D eigenvalue weighted by Gasteiger charge is 2.41. The average molecular weight is 369 g/mol. The second kappa shape index (κ2) is 6.17. The zero-order valence-electron chi connectivity index (χ0n) is 15.3. The molecule has 5 rings (SSSR count). The van der Waals surface area contributed by atoms with Crippen LogP contribution in [-0.2, 0) is 20.0 Å². The number of rotatable bonds is 3. The van der Waals surface area contributed by atoms with Crippen molar-refractivity contribution < 1.29 is 9.59 Å². The van der Waals surface area contributed by atoms with Crippen molar-refractivity contribution in [2.24, 2.45) is 18.9 Å². The molecule has 0 spiro atoms. The van der Waals surface area contributed by atoms with E-state index in [4.69, 9.17) is 0 Å². The van der Waals surface area contributed by atoms with E-state index in [0.717, 1.165) is 25.1 Å². The van der Waals surface area contributed by atoms with Crippen LogP contribution in [-0.4, -0.2) is 60.4 Å². The first-order chi connectivity index (χ1) is 13.1. The highest BCUT2D eigenvalue weighted by Crippen LogP contribution is 2.33. The first-order valence-electron chi connectivity index (χ1n) is 9.60. The lowest BCUT2D eigenvalue weighted by Crippen LogP contribution is -2.41. The zero-order valence-corrected chi connectivity index (χ0v) is 15.3. The van der Waals surface area contributed by atoms with Gasteiger partial charge in [0.05, 0.1) is 0 Å². The van der Waals surface area contributed by atoms with E-state index in [2.05, 4.69) is 20.6 Å². The van der Waals surface area contributed by atoms with Crippen molar-refractivity contribution >= 4 is 11.8 Å². The summed E-state index contributed by atoms with van der Waals surface area (Å²) in [4.78, 5) is 27.2. The fraction of sp³-hybridized carbons (Fsp3) is 0.611. The Morgan fingerprint density at radius 2 is 1.96 bits per heavy atom. The molecule has 0 unspecified atom stereocenters. The molecule has 2 aromatic heterocycles. The van der Waals surface area contributed by atoms with Gasteiger partial charge in [-0.3, -0.25) is 14.3 Å². The Balaban J connectivity index is 1.31. The number of hydrogen-bond donors (Lipinski definition) is 1. The third-order valence-electron chi connectivity index (χ3n) is 6.24. The van der Waals surface area contributed by atoms with Gasteiger partial charge >= 0.3 is 0 Å². The number of aromatic nitrogens is 5. The number of amides is 2. The van der Waals surface area contributed by atoms with Crippen LogP contribution in [0.1, 0.15) is 46.2 Å². The molecule has 0 bridgehead atoms. The Kier molecular flexibility index (Phi) is 3.76. The predicted molar refractivity (Wildman–Crippen MR) is 94.9 cm³/mol. The summed E-state index contributed by atoms with van der Waals surface area (Å²) in [5.74, 6) is 1.83. The van der Waals surface area contributed by atoms with E-state index >= 15 is 0 Å². The molecule has 9 nitrogen and oxygen atoms in total. The number of carbonyl (C=O) groups excluding carboxylic acids is 2. The van der Waals surface area contributed by atoms with Gasteiger partial charge in [0.2, 0.25) is 5.82 Å². The number of likely N-dealkylation sites (tertiary alicyclic amines) is 1. The van der Waals surface area contributed by atoms with Gasteiger partial charge in [-0.1, -0.05) is 0 Å². The summed E-state index contributed by atoms with van der Waals surface area (Å²) in [7, 11) is 1.78. The Hall–Kier alpha value is -2.71. The topological polar surface area (TPSA) is 97.9 Å². The van der Waals surface area contributed by atoms with Crippen molar-refractivity contribution in [1.82, 2.24) is 34.8 Å². The lowest BCUT2D eigenvalue weighted by molar-refractivity contribution is 0.0771. The van der Waals surface area contributed by atoms with Gasteiger partial charge in [0, 0.05) is 45.3 Å². The van der Waals surface area contributed by atoms with Crippen LogP contribution in [0.15, 0.2) is 12.3 Å². The van der Waals surface area contributed by atoms with Crippen molar-refractivity contribution in [3.05, 3.63) is 29.6 Å². The standard InChI is InChI=1S/C18H23N7O2/c1-23-14(5-6-19-23)18(27)24-8-11-7-15-21-22-16(25(15)10-12(11)9-24)17(26)20-13-3-2-4-13/h5-6,11-13H,2-4,7-10H2,1H3,(H,20,26)/t11-,12-/m0/s1. The summed E-state index contributed by atoms with van der Waals surface area (Å²) < 4.78 is 3.56. The van der Waals surface area contributed by atoms with E-state index < -0.39 is 0 Å². The first-order valence-corrected chi connectivity index (χ1v) is 9.60. The summed E-state index contributed by atoms with van der Waals surface area (Å²) in [5, 5.41) is 15.5. The molecule has 2 aromatic rings. The fourth-order valence-electron chi connectivity index (χ4n) is 4.41. The Labute approximate surface area is 156 Å². The first kappa shape index (κ1) is 16.5. The number of nitrogens with one attached hydrogen (secondary N) is 1. The molecule has 1 N–H and O–H groups in total. The molecular weight excluding hydrogens is 346 g/mol. The third-order valence-corrected chi connectivity index (χ3v) is 6.24. The largest absolute Gasteiger partial charge is 0.347 e. The van der Waals surface area contributed by atoms with Crippen molar-refractivity contribution in [2.75, 3.05) is 13.1 Å². The van der Waals surface area contributed by atoms with Crippen molar-refractivity contribution in [3.63, 3.8) is 0 Å². The molecule has 2 atom stereocenters. The SMILES string of the molecule is Cn1nccc1C(=O)N1C[C@@H]2Cc3nnc(C(=O)NC4CCC4)n3C[C@@H]2C1. The second-order valence-electron chi connectivity index (χ2n) is 7.93. The van der Waals surface area contributed by atoms with Gasteiger partial charge < -0.3 is 14.8 Å². The van der Waals surface area contributed by atoms with Gasteiger partial charge in [-0.05, 0) is 37.2 Å². The highest BCUT2D eigenvalue weighted by molar-refractivity contribution is 5.93. The smallest absolute Gasteiger partial charge is 0.289 e. The number of fused-ring (bicyclic) bond motifs is 2. The maximum atomic E-state index is 12.8. The summed E-state index contributed by atoms with van der Waals surface area (Å²) in [5.41, 5.74) is 0.605. The van der Waals surface area contributed by atoms with Gasteiger partial charge in [0.15, 0.2) is 0 Å². The van der Waals surface area contributed by atoms with Crippen LogP contribution >= 0.6 is 0 Å². The minimum atomic E-state index is -0.127. The number of aryl methyl sites for hydroxylation is 1. The molecule has 142 valence electrons. The average Bonchev–Trinajstić information content (AvgIpc) is 3.32. The molecule has 0 radical (unpaired) electrons. The number of carbonyl (C=O) groups is 2. The van der Waals surface area contributed by atoms with E-state index in [0.29, 0.717) is 43.0 Å². The van der Waals surface area contributed by atoms with Gasteiger partial charge in [-0.25, -0.2) is 0 Å². The number of hydrogen-bond acceptors (Lipinski definition) is 5. The summed E-state index contributed by atoms with van der Waals surface area (Å²) in [6, 6.07) is 2.03. The molecular formula is C18H23N7O2. The van der Waals surface area contributed by atoms with E-state index in [1.165, 1.54) is 6.42 Å². The van der Waals surface area contributed by atoms with Gasteiger partial charge in [-0.15, -0.1) is 10.2 Å². The van der Waals surface area contributed by atoms with Crippen LogP contribution in [0.2, 0.25) is 0 Å². The van der Waals surface area contributed by atoms with Crippen LogP contribution in [0.25, 0.3) is 0 Å². The van der Waals surface area contributed by atoms with Crippen molar-refractivity contribution in [1.29, 1.82) is 0 Å². The lowest BCUT2D eigenvalue weighted by atomic mass is 9.89. The maximum Gasteiger partial charge on any atom is 0.289 e. The van der Waals surface area contributed by atoms with Crippen LogP contribution in [0.4, 0.5) is 0 Å². The molecule has 2 amide bonds. The Bertz CT molecular complexity index is 897. The molecule has 1 saturated carbocycles. The zero-order chi connectivity index (χ0) is 18.5. The van der Waals surface area contributed by atoms with Crippen molar-refractivity contribution in [3.8, 4) is 0 Å². The molecule has 3 aliphatic rings. The quantitative estimate of drug-likeness (QED) is 0.836. The molecule has 2 aliphatic heterocycles. The monoisotopic (exact) mass is 369 g/mol. The van der Waals surface area contributed by atoms with Crippen LogP contribution < -0.4 is 5.32 Å². The molecule has 4 heterocycles. The highest BCUT2D eigenvalue weighted by atomic mass is 16.2. The summed E-state index contributed by atoms with van der Waals surface area (Å²) in [6.07, 6.45) is 5.66. The van der Waals surface area contributed by atoms with Crippen LogP contribution in [0.5, 0.6) is 0 Å². The molecule has 2 fully saturated rings. The van der Waals surface area contributed by atoms with Crippen molar-refractivity contribution in [2.45, 2.75) is 38.3 Å². The van der Waals surface area contributed by atoms with Crippen LogP contribution in [0.3, 0.4) is 0 Å². The van der Waals surface area contributed by atoms with Gasteiger partial charge in [-0.2, -0.15) is 5.10 Å².